The van der Waals surface area contributed by atoms with Gasteiger partial charge in [0.15, 0.2) is 0 Å². The van der Waals surface area contributed by atoms with Gasteiger partial charge in [-0.15, -0.1) is 5.10 Å². The van der Waals surface area contributed by atoms with E-state index in [0.717, 1.165) is 29.1 Å². The fourth-order valence-electron chi connectivity index (χ4n) is 2.65. The molecule has 0 spiro atoms. The summed E-state index contributed by atoms with van der Waals surface area (Å²) in [6, 6.07) is 8.07. The largest absolute Gasteiger partial charge is 0.213 e. The molecule has 2 aromatic rings. The molecule has 1 aliphatic carbocycles. The molecular weight excluding hydrogens is 234 g/mol. The van der Waals surface area contributed by atoms with Gasteiger partial charge in [0.1, 0.15) is 5.52 Å². The number of hydrogen-bond donors (Lipinski definition) is 0. The lowest BCUT2D eigenvalue weighted by Gasteiger charge is -2.17. The molecule has 1 aliphatic rings. The van der Waals surface area contributed by atoms with Crippen molar-refractivity contribution < 1.29 is 0 Å². The Morgan fingerprint density at radius 2 is 2.16 bits per heavy atom. The monoisotopic (exact) mass is 253 g/mol. The molecule has 3 rings (SSSR count). The number of hydrogen-bond acceptors (Lipinski definition) is 2. The van der Waals surface area contributed by atoms with Gasteiger partial charge in [-0.1, -0.05) is 43.3 Å². The number of para-hydroxylation sites is 1. The van der Waals surface area contributed by atoms with E-state index in [1.807, 2.05) is 22.9 Å². The van der Waals surface area contributed by atoms with E-state index in [0.29, 0.717) is 5.92 Å². The van der Waals surface area contributed by atoms with Crippen molar-refractivity contribution in [3.63, 3.8) is 0 Å². The second kappa shape index (κ2) is 5.00. The Morgan fingerprint density at radius 1 is 1.32 bits per heavy atom. The summed E-state index contributed by atoms with van der Waals surface area (Å²) in [6.45, 7) is 4.55. The average Bonchev–Trinajstić information content (AvgIpc) is 2.83. The van der Waals surface area contributed by atoms with Gasteiger partial charge >= 0.3 is 0 Å². The molecular formula is C16H19N3. The molecule has 1 heterocycles. The van der Waals surface area contributed by atoms with E-state index in [1.54, 1.807) is 0 Å². The number of aromatic nitrogens is 3. The van der Waals surface area contributed by atoms with Gasteiger partial charge in [-0.3, -0.25) is 0 Å². The average molecular weight is 253 g/mol. The third-order valence-corrected chi connectivity index (χ3v) is 3.54. The van der Waals surface area contributed by atoms with Crippen molar-refractivity contribution in [2.75, 3.05) is 0 Å². The number of allylic oxidation sites excluding steroid dienone is 4. The van der Waals surface area contributed by atoms with Crippen LogP contribution in [0.25, 0.3) is 16.7 Å². The molecule has 3 heteroatoms. The fourth-order valence-corrected chi connectivity index (χ4v) is 2.65. The van der Waals surface area contributed by atoms with E-state index in [2.05, 4.69) is 48.5 Å². The van der Waals surface area contributed by atoms with Crippen molar-refractivity contribution in [3.8, 4) is 0 Å². The maximum Gasteiger partial charge on any atom is 0.113 e. The smallest absolute Gasteiger partial charge is 0.113 e. The zero-order valence-corrected chi connectivity index (χ0v) is 11.5. The minimum absolute atomic E-state index is 0.665. The molecule has 1 aromatic heterocycles. The van der Waals surface area contributed by atoms with Crippen LogP contribution in [0.5, 0.6) is 0 Å². The van der Waals surface area contributed by atoms with Crippen LogP contribution in [-0.4, -0.2) is 15.0 Å². The molecule has 3 nitrogen and oxygen atoms in total. The van der Waals surface area contributed by atoms with Crippen LogP contribution in [0, 0.1) is 11.8 Å². The first-order chi connectivity index (χ1) is 9.24. The SMILES string of the molecule is CC(C)CC1C=CC(n2nnc3ccccc32)=CC1. The number of rotatable bonds is 3. The van der Waals surface area contributed by atoms with E-state index in [1.165, 1.54) is 6.42 Å². The molecule has 1 atom stereocenters. The lowest BCUT2D eigenvalue weighted by molar-refractivity contribution is 0.476. The maximum atomic E-state index is 4.25. The van der Waals surface area contributed by atoms with Crippen molar-refractivity contribution in [2.45, 2.75) is 26.7 Å². The topological polar surface area (TPSA) is 30.7 Å². The highest BCUT2D eigenvalue weighted by molar-refractivity contribution is 5.79. The van der Waals surface area contributed by atoms with Crippen molar-refractivity contribution >= 4 is 16.7 Å². The van der Waals surface area contributed by atoms with E-state index >= 15 is 0 Å². The summed E-state index contributed by atoms with van der Waals surface area (Å²) < 4.78 is 1.93. The Kier molecular flexibility index (Phi) is 3.20. The van der Waals surface area contributed by atoms with Gasteiger partial charge in [0.05, 0.1) is 11.2 Å². The third kappa shape index (κ3) is 2.46. The zero-order chi connectivity index (χ0) is 13.2. The van der Waals surface area contributed by atoms with E-state index in [4.69, 9.17) is 0 Å². The highest BCUT2D eigenvalue weighted by atomic mass is 15.4. The number of benzene rings is 1. The third-order valence-electron chi connectivity index (χ3n) is 3.54. The number of nitrogens with zero attached hydrogens (tertiary/aromatic N) is 3. The summed E-state index contributed by atoms with van der Waals surface area (Å²) in [6.07, 6.45) is 9.11. The lowest BCUT2D eigenvalue weighted by atomic mass is 9.91. The molecule has 0 saturated heterocycles. The van der Waals surface area contributed by atoms with Crippen LogP contribution < -0.4 is 0 Å². The quantitative estimate of drug-likeness (QED) is 0.830. The maximum absolute atomic E-state index is 4.25. The Bertz CT molecular complexity index is 634. The van der Waals surface area contributed by atoms with Crippen molar-refractivity contribution in [1.29, 1.82) is 0 Å². The molecule has 19 heavy (non-hydrogen) atoms. The van der Waals surface area contributed by atoms with Crippen LogP contribution in [0.1, 0.15) is 26.7 Å². The minimum Gasteiger partial charge on any atom is -0.213 e. The van der Waals surface area contributed by atoms with Crippen LogP contribution in [0.3, 0.4) is 0 Å². The summed E-state index contributed by atoms with van der Waals surface area (Å²) in [5.74, 6) is 1.41. The van der Waals surface area contributed by atoms with Crippen molar-refractivity contribution in [2.24, 2.45) is 11.8 Å². The number of fused-ring (bicyclic) bond motifs is 1. The lowest BCUT2D eigenvalue weighted by Crippen LogP contribution is -2.07. The van der Waals surface area contributed by atoms with Crippen molar-refractivity contribution in [1.82, 2.24) is 15.0 Å². The van der Waals surface area contributed by atoms with Crippen molar-refractivity contribution in [3.05, 3.63) is 42.5 Å². The van der Waals surface area contributed by atoms with Gasteiger partial charge < -0.3 is 0 Å². The van der Waals surface area contributed by atoms with Crippen LogP contribution in [-0.2, 0) is 0 Å². The van der Waals surface area contributed by atoms with Crippen LogP contribution in [0.15, 0.2) is 42.5 Å². The minimum atomic E-state index is 0.665. The summed E-state index contributed by atoms with van der Waals surface area (Å²) in [4.78, 5) is 0. The molecule has 98 valence electrons. The molecule has 1 aromatic carbocycles. The molecule has 0 amide bonds. The van der Waals surface area contributed by atoms with Crippen LogP contribution >= 0.6 is 0 Å². The van der Waals surface area contributed by atoms with Gasteiger partial charge in [0.2, 0.25) is 0 Å². The normalized spacial score (nSPS) is 19.1. The molecule has 0 saturated carbocycles. The van der Waals surface area contributed by atoms with Crippen LogP contribution in [0.4, 0.5) is 0 Å². The Labute approximate surface area is 113 Å². The fraction of sp³-hybridized carbons (Fsp3) is 0.375. The van der Waals surface area contributed by atoms with Gasteiger partial charge in [-0.2, -0.15) is 0 Å². The second-order valence-corrected chi connectivity index (χ2v) is 5.60. The predicted octanol–water partition coefficient (Wildman–Crippen LogP) is 3.89. The first kappa shape index (κ1) is 12.2. The molecule has 0 aliphatic heterocycles. The Hall–Kier alpha value is -1.90. The molecule has 0 bridgehead atoms. The van der Waals surface area contributed by atoms with Gasteiger partial charge in [-0.25, -0.2) is 4.68 Å². The highest BCUT2D eigenvalue weighted by Gasteiger charge is 2.13. The summed E-state index contributed by atoms with van der Waals surface area (Å²) in [7, 11) is 0. The van der Waals surface area contributed by atoms with Gasteiger partial charge in [-0.05, 0) is 42.9 Å². The summed E-state index contributed by atoms with van der Waals surface area (Å²) in [5.41, 5.74) is 3.15. The molecule has 0 N–H and O–H groups in total. The Balaban J connectivity index is 1.85. The second-order valence-electron chi connectivity index (χ2n) is 5.60. The first-order valence-electron chi connectivity index (χ1n) is 6.93. The molecule has 0 fully saturated rings. The van der Waals surface area contributed by atoms with E-state index < -0.39 is 0 Å². The Morgan fingerprint density at radius 3 is 2.89 bits per heavy atom. The predicted molar refractivity (Wildman–Crippen MR) is 78.5 cm³/mol. The highest BCUT2D eigenvalue weighted by Crippen LogP contribution is 2.26. The molecule has 0 radical (unpaired) electrons. The summed E-state index contributed by atoms with van der Waals surface area (Å²) in [5, 5.41) is 8.45. The zero-order valence-electron chi connectivity index (χ0n) is 11.5. The van der Waals surface area contributed by atoms with Gasteiger partial charge in [0.25, 0.3) is 0 Å². The first-order valence-corrected chi connectivity index (χ1v) is 6.93. The summed E-state index contributed by atoms with van der Waals surface area (Å²) >= 11 is 0. The van der Waals surface area contributed by atoms with E-state index in [-0.39, 0.29) is 0 Å². The molecule has 1 unspecified atom stereocenters. The van der Waals surface area contributed by atoms with Crippen LogP contribution in [0.2, 0.25) is 0 Å². The van der Waals surface area contributed by atoms with E-state index in [9.17, 15) is 0 Å². The van der Waals surface area contributed by atoms with Gasteiger partial charge in [0, 0.05) is 0 Å². The standard InChI is InChI=1S/C16H19N3/c1-12(2)11-13-7-9-14(10-8-13)19-16-6-4-3-5-15(16)17-18-19/h3-7,9-10,12-13H,8,11H2,1-2H3.